The minimum absolute atomic E-state index is 0.521. The molecule has 5 heteroatoms. The monoisotopic (exact) mass is 401 g/mol. The van der Waals surface area contributed by atoms with Crippen molar-refractivity contribution in [1.82, 2.24) is 14.8 Å². The molecule has 0 atom stereocenters. The molecule has 1 aromatic carbocycles. The van der Waals surface area contributed by atoms with Gasteiger partial charge in [0.1, 0.15) is 5.82 Å². The highest BCUT2D eigenvalue weighted by atomic mass is 35.5. The van der Waals surface area contributed by atoms with Gasteiger partial charge in [0, 0.05) is 23.7 Å². The summed E-state index contributed by atoms with van der Waals surface area (Å²) in [6.07, 6.45) is 9.94. The Bertz CT molecular complexity index is 778. The first kappa shape index (κ1) is 18.1. The molecule has 0 spiro atoms. The van der Waals surface area contributed by atoms with E-state index >= 15 is 0 Å². The third-order valence-electron chi connectivity index (χ3n) is 7.09. The Morgan fingerprint density at radius 1 is 1.04 bits per heavy atom. The van der Waals surface area contributed by atoms with Crippen LogP contribution in [-0.4, -0.2) is 14.8 Å². The number of thioether (sulfide) groups is 1. The third-order valence-corrected chi connectivity index (χ3v) is 8.38. The maximum Gasteiger partial charge on any atom is 0.191 e. The first-order valence-electron chi connectivity index (χ1n) is 10.4. The van der Waals surface area contributed by atoms with Crippen molar-refractivity contribution in [2.24, 2.45) is 23.2 Å². The zero-order valence-electron chi connectivity index (χ0n) is 16.0. The van der Waals surface area contributed by atoms with Crippen molar-refractivity contribution in [3.05, 3.63) is 40.7 Å². The quantitative estimate of drug-likeness (QED) is 0.556. The van der Waals surface area contributed by atoms with E-state index in [1.165, 1.54) is 49.9 Å². The highest BCUT2D eigenvalue weighted by Gasteiger charge is 2.51. The molecule has 0 amide bonds. The number of nitrogens with zero attached hydrogens (tertiary/aromatic N) is 3. The minimum atomic E-state index is 0.521. The maximum absolute atomic E-state index is 5.99. The van der Waals surface area contributed by atoms with Crippen molar-refractivity contribution in [3.63, 3.8) is 0 Å². The van der Waals surface area contributed by atoms with Crippen molar-refractivity contribution in [2.45, 2.75) is 69.3 Å². The summed E-state index contributed by atoms with van der Waals surface area (Å²) in [5.41, 5.74) is 1.80. The van der Waals surface area contributed by atoms with Gasteiger partial charge in [-0.05, 0) is 86.3 Å². The van der Waals surface area contributed by atoms with Gasteiger partial charge in [-0.3, -0.25) is 0 Å². The van der Waals surface area contributed by atoms with Crippen molar-refractivity contribution in [1.29, 1.82) is 0 Å². The van der Waals surface area contributed by atoms with Gasteiger partial charge in [0.15, 0.2) is 5.16 Å². The number of hydrogen-bond acceptors (Lipinski definition) is 3. The molecule has 6 rings (SSSR count). The molecule has 27 heavy (non-hydrogen) atoms. The molecule has 0 unspecified atom stereocenters. The fourth-order valence-electron chi connectivity index (χ4n) is 6.44. The van der Waals surface area contributed by atoms with E-state index in [9.17, 15) is 0 Å². The van der Waals surface area contributed by atoms with Gasteiger partial charge in [0.2, 0.25) is 0 Å². The van der Waals surface area contributed by atoms with Crippen molar-refractivity contribution in [2.75, 3.05) is 0 Å². The van der Waals surface area contributed by atoms with Crippen molar-refractivity contribution < 1.29 is 0 Å². The second-order valence-electron chi connectivity index (χ2n) is 9.15. The van der Waals surface area contributed by atoms with Crippen molar-refractivity contribution >= 4 is 23.4 Å². The van der Waals surface area contributed by atoms with Gasteiger partial charge < -0.3 is 4.57 Å². The molecule has 0 radical (unpaired) electrons. The minimum Gasteiger partial charge on any atom is -0.306 e. The lowest BCUT2D eigenvalue weighted by atomic mass is 9.49. The van der Waals surface area contributed by atoms with E-state index in [4.69, 9.17) is 11.6 Å². The molecule has 1 heterocycles. The average Bonchev–Trinajstić information content (AvgIpc) is 3.01. The Kier molecular flexibility index (Phi) is 4.76. The van der Waals surface area contributed by atoms with Crippen LogP contribution in [-0.2, 0) is 18.7 Å². The normalized spacial score (nSPS) is 31.6. The molecule has 4 fully saturated rings. The predicted molar refractivity (Wildman–Crippen MR) is 111 cm³/mol. The van der Waals surface area contributed by atoms with Gasteiger partial charge in [-0.2, -0.15) is 0 Å². The maximum atomic E-state index is 5.99. The molecule has 4 bridgehead atoms. The summed E-state index contributed by atoms with van der Waals surface area (Å²) in [7, 11) is 0. The number of halogens is 1. The highest BCUT2D eigenvalue weighted by molar-refractivity contribution is 7.98. The van der Waals surface area contributed by atoms with E-state index in [1.807, 2.05) is 12.1 Å². The molecule has 0 aliphatic heterocycles. The lowest BCUT2D eigenvalue weighted by Gasteiger charge is -2.56. The van der Waals surface area contributed by atoms with Gasteiger partial charge >= 0.3 is 0 Å². The number of rotatable bonds is 6. The zero-order valence-corrected chi connectivity index (χ0v) is 17.6. The van der Waals surface area contributed by atoms with Gasteiger partial charge in [0.25, 0.3) is 0 Å². The lowest BCUT2D eigenvalue weighted by Crippen LogP contribution is -2.47. The summed E-state index contributed by atoms with van der Waals surface area (Å²) in [5.74, 6) is 5.11. The van der Waals surface area contributed by atoms with Gasteiger partial charge in [0.05, 0.1) is 0 Å². The topological polar surface area (TPSA) is 30.7 Å². The zero-order chi connectivity index (χ0) is 18.4. The van der Waals surface area contributed by atoms with Crippen LogP contribution in [0, 0.1) is 23.2 Å². The molecule has 4 saturated carbocycles. The van der Waals surface area contributed by atoms with Crippen LogP contribution < -0.4 is 0 Å². The molecule has 0 N–H and O–H groups in total. The van der Waals surface area contributed by atoms with Gasteiger partial charge in [-0.15, -0.1) is 10.2 Å². The molecule has 3 nitrogen and oxygen atoms in total. The molecular weight excluding hydrogens is 374 g/mol. The SMILES string of the molecule is CCn1c(CC23CC4CC(CC(C4)C2)C3)nnc1SCc1ccc(Cl)cc1. The Labute approximate surface area is 171 Å². The first-order valence-corrected chi connectivity index (χ1v) is 11.8. The van der Waals surface area contributed by atoms with Crippen LogP contribution >= 0.6 is 23.4 Å². The summed E-state index contributed by atoms with van der Waals surface area (Å²) >= 11 is 7.78. The van der Waals surface area contributed by atoms with Crippen LogP contribution in [0.3, 0.4) is 0 Å². The summed E-state index contributed by atoms with van der Waals surface area (Å²) in [5, 5.41) is 11.1. The van der Waals surface area contributed by atoms with Gasteiger partial charge in [-0.1, -0.05) is 35.5 Å². The van der Waals surface area contributed by atoms with E-state index < -0.39 is 0 Å². The number of aromatic nitrogens is 3. The van der Waals surface area contributed by atoms with E-state index in [2.05, 4.69) is 33.8 Å². The summed E-state index contributed by atoms with van der Waals surface area (Å²) in [6.45, 7) is 3.18. The third kappa shape index (κ3) is 3.55. The van der Waals surface area contributed by atoms with Crippen LogP contribution in [0.25, 0.3) is 0 Å². The fraction of sp³-hybridized carbons (Fsp3) is 0.636. The molecule has 0 saturated heterocycles. The number of benzene rings is 1. The van der Waals surface area contributed by atoms with E-state index in [0.717, 1.165) is 46.7 Å². The molecule has 4 aliphatic rings. The van der Waals surface area contributed by atoms with Crippen LogP contribution in [0.1, 0.15) is 56.8 Å². The molecular formula is C22H28ClN3S. The molecule has 4 aliphatic carbocycles. The number of hydrogen-bond donors (Lipinski definition) is 0. The van der Waals surface area contributed by atoms with Crippen LogP contribution in [0.4, 0.5) is 0 Å². The van der Waals surface area contributed by atoms with E-state index in [1.54, 1.807) is 11.8 Å². The Morgan fingerprint density at radius 3 is 2.26 bits per heavy atom. The van der Waals surface area contributed by atoms with E-state index in [0.29, 0.717) is 5.41 Å². The predicted octanol–water partition coefficient (Wildman–Crippen LogP) is 6.00. The second-order valence-corrected chi connectivity index (χ2v) is 10.5. The Morgan fingerprint density at radius 2 is 1.67 bits per heavy atom. The Hall–Kier alpha value is -1.00. The molecule has 2 aromatic rings. The standard InChI is InChI=1S/C22H28ClN3S/c1-2-26-20(13-22-10-16-7-17(11-22)9-18(8-16)12-22)24-25-21(26)27-14-15-3-5-19(23)6-4-15/h3-6,16-18H,2,7-14H2,1H3. The van der Waals surface area contributed by atoms with Crippen molar-refractivity contribution in [3.8, 4) is 0 Å². The summed E-state index contributed by atoms with van der Waals surface area (Å²) in [4.78, 5) is 0. The Balaban J connectivity index is 1.31. The van der Waals surface area contributed by atoms with Crippen LogP contribution in [0.5, 0.6) is 0 Å². The smallest absolute Gasteiger partial charge is 0.191 e. The largest absolute Gasteiger partial charge is 0.306 e. The summed E-state index contributed by atoms with van der Waals surface area (Å²) in [6, 6.07) is 8.11. The molecule has 1 aromatic heterocycles. The first-order chi connectivity index (χ1) is 13.1. The van der Waals surface area contributed by atoms with Crippen LogP contribution in [0.15, 0.2) is 29.4 Å². The molecule has 144 valence electrons. The van der Waals surface area contributed by atoms with Crippen LogP contribution in [0.2, 0.25) is 5.02 Å². The summed E-state index contributed by atoms with van der Waals surface area (Å²) < 4.78 is 2.36. The van der Waals surface area contributed by atoms with Gasteiger partial charge in [-0.25, -0.2) is 0 Å². The van der Waals surface area contributed by atoms with E-state index in [-0.39, 0.29) is 0 Å². The lowest BCUT2D eigenvalue weighted by molar-refractivity contribution is -0.0536. The highest BCUT2D eigenvalue weighted by Crippen LogP contribution is 2.61. The fourth-order valence-corrected chi connectivity index (χ4v) is 7.55. The second kappa shape index (κ2) is 7.11. The average molecular weight is 402 g/mol.